The maximum absolute atomic E-state index is 14.5. The molecule has 0 amide bonds. The molecule has 1 aromatic rings. The van der Waals surface area contributed by atoms with E-state index in [0.717, 1.165) is 27.9 Å². The van der Waals surface area contributed by atoms with Crippen LogP contribution < -0.4 is 0 Å². The van der Waals surface area contributed by atoms with E-state index in [2.05, 4.69) is 6.58 Å². The minimum atomic E-state index is -2.64. The van der Waals surface area contributed by atoms with Crippen LogP contribution in [0.3, 0.4) is 0 Å². The Hall–Kier alpha value is -5.06. The summed E-state index contributed by atoms with van der Waals surface area (Å²) in [5.74, 6) is -10.8. The average molecular weight is 805 g/mol. The second-order valence-electron chi connectivity index (χ2n) is 15.8. The van der Waals surface area contributed by atoms with Gasteiger partial charge in [-0.3, -0.25) is 33.6 Å². The minimum absolute atomic E-state index is 0.0529. The van der Waals surface area contributed by atoms with Crippen molar-refractivity contribution in [1.82, 2.24) is 0 Å². The average Bonchev–Trinajstić information content (AvgIpc) is 3.73. The number of ether oxygens (including phenoxy) is 7. The molecule has 4 rings (SSSR count). The van der Waals surface area contributed by atoms with Crippen LogP contribution in [0.25, 0.3) is 0 Å². The first kappa shape index (κ1) is 44.7. The molecule has 2 saturated carbocycles. The molecular weight excluding hydrogens is 752 g/mol. The Morgan fingerprint density at radius 3 is 2.23 bits per heavy atom. The molecule has 9 unspecified atom stereocenters. The summed E-state index contributed by atoms with van der Waals surface area (Å²) in [5, 5.41) is 13.1. The number of fused-ring (bicyclic) bond motifs is 1. The van der Waals surface area contributed by atoms with Gasteiger partial charge in [-0.15, -0.1) is 0 Å². The lowest BCUT2D eigenvalue weighted by molar-refractivity contribution is -0.240. The smallest absolute Gasteiger partial charge is 0.348 e. The number of hydrogen-bond donors (Lipinski definition) is 1. The summed E-state index contributed by atoms with van der Waals surface area (Å²) in [5.41, 5.74) is -8.33. The van der Waals surface area contributed by atoms with Crippen LogP contribution in [0.4, 0.5) is 0 Å². The van der Waals surface area contributed by atoms with Gasteiger partial charge in [-0.1, -0.05) is 34.3 Å². The second-order valence-corrected chi connectivity index (χ2v) is 15.8. The molecule has 12 atom stereocenters. The van der Waals surface area contributed by atoms with Gasteiger partial charge in [0, 0.05) is 56.3 Å². The summed E-state index contributed by atoms with van der Waals surface area (Å²) in [6.45, 7) is 14.6. The van der Waals surface area contributed by atoms with Crippen molar-refractivity contribution < 1.29 is 81.0 Å². The normalized spacial score (nSPS) is 34.7. The van der Waals surface area contributed by atoms with E-state index in [1.54, 1.807) is 19.9 Å². The van der Waals surface area contributed by atoms with Gasteiger partial charge in [-0.2, -0.15) is 0 Å². The van der Waals surface area contributed by atoms with Crippen LogP contribution in [-0.2, 0) is 71.5 Å². The van der Waals surface area contributed by atoms with Gasteiger partial charge < -0.3 is 42.7 Å². The van der Waals surface area contributed by atoms with Gasteiger partial charge in [0.2, 0.25) is 6.10 Å². The predicted molar refractivity (Wildman–Crippen MR) is 192 cm³/mol. The Kier molecular flexibility index (Phi) is 13.2. The van der Waals surface area contributed by atoms with Crippen LogP contribution in [0.1, 0.15) is 92.6 Å². The molecule has 0 aromatic carbocycles. The number of methoxy groups -OCH3 is 1. The zero-order valence-electron chi connectivity index (χ0n) is 33.7. The van der Waals surface area contributed by atoms with Crippen molar-refractivity contribution >= 4 is 48.1 Å². The monoisotopic (exact) mass is 804 g/mol. The predicted octanol–water partition coefficient (Wildman–Crippen LogP) is 3.08. The fourth-order valence-corrected chi connectivity index (χ4v) is 9.49. The van der Waals surface area contributed by atoms with Crippen LogP contribution in [0, 0.1) is 28.6 Å². The van der Waals surface area contributed by atoms with E-state index >= 15 is 0 Å². The quantitative estimate of drug-likeness (QED) is 0.123. The van der Waals surface area contributed by atoms with Crippen molar-refractivity contribution in [1.29, 1.82) is 0 Å². The van der Waals surface area contributed by atoms with Crippen LogP contribution in [0.2, 0.25) is 0 Å². The Morgan fingerprint density at radius 1 is 1.04 bits per heavy atom. The Balaban J connectivity index is 2.14. The van der Waals surface area contributed by atoms with Crippen molar-refractivity contribution in [3.05, 3.63) is 36.3 Å². The summed E-state index contributed by atoms with van der Waals surface area (Å²) in [4.78, 5) is 106. The van der Waals surface area contributed by atoms with E-state index in [1.807, 2.05) is 0 Å². The van der Waals surface area contributed by atoms with Gasteiger partial charge in [-0.25, -0.2) is 4.79 Å². The number of carbonyl (C=O) groups is 8. The lowest BCUT2D eigenvalue weighted by Crippen LogP contribution is -2.72. The SMILES string of the molecule is C=C1C([C@@]2(C)C(OC(C)=O)CC(=O)O[C@@](C)(COC(C)=O)C2CC(=O)OC)C(OC=O)C(OC(=O)C(OC(C)=O)C(C)CC)[C@]2(C)C(c3ccoc3)CC(=O)C12O. The molecule has 1 saturated heterocycles. The van der Waals surface area contributed by atoms with Crippen LogP contribution in [0.15, 0.2) is 35.2 Å². The van der Waals surface area contributed by atoms with Gasteiger partial charge in [-0.05, 0) is 30.5 Å². The molecular formula is C40H52O17. The van der Waals surface area contributed by atoms with Crippen molar-refractivity contribution in [2.45, 2.75) is 123 Å². The van der Waals surface area contributed by atoms with E-state index in [1.165, 1.54) is 33.3 Å². The lowest BCUT2D eigenvalue weighted by Gasteiger charge is -2.61. The number of cyclic esters (lactones) is 1. The zero-order valence-corrected chi connectivity index (χ0v) is 33.7. The highest BCUT2D eigenvalue weighted by molar-refractivity contribution is 5.96. The molecule has 2 heterocycles. The summed E-state index contributed by atoms with van der Waals surface area (Å²) in [6.07, 6.45) is -5.26. The van der Waals surface area contributed by atoms with E-state index in [9.17, 15) is 43.5 Å². The van der Waals surface area contributed by atoms with Crippen molar-refractivity contribution in [3.63, 3.8) is 0 Å². The van der Waals surface area contributed by atoms with Crippen molar-refractivity contribution in [3.8, 4) is 0 Å². The summed E-state index contributed by atoms with van der Waals surface area (Å²) < 4.78 is 45.2. The van der Waals surface area contributed by atoms with Crippen molar-refractivity contribution in [2.75, 3.05) is 13.7 Å². The topological polar surface area (TPSA) is 235 Å². The van der Waals surface area contributed by atoms with Gasteiger partial charge in [0.15, 0.2) is 11.4 Å². The molecule has 17 heteroatoms. The first-order chi connectivity index (χ1) is 26.6. The number of Topliss-reactive ketones (excluding diaryl/α,β-unsaturated/α-hetero) is 1. The number of aliphatic hydroxyl groups is 1. The third-order valence-electron chi connectivity index (χ3n) is 12.5. The van der Waals surface area contributed by atoms with E-state index in [4.69, 9.17) is 37.6 Å². The van der Waals surface area contributed by atoms with Gasteiger partial charge in [0.05, 0.1) is 37.9 Å². The molecule has 0 spiro atoms. The standard InChI is InChI=1S/C40H52O17/c1-11-20(2)33(55-24(6)44)36(48)56-35-34(53-19-41)32(21(3)40(49)28(45)14-26(39(35,40)9)25-12-13-51-17-25)38(8)27(15-30(46)50-10)37(7,18-52-22(4)42)57-31(47)16-29(38)54-23(5)43/h12-13,17,19-20,26-27,29,32-35,49H,3,11,14-16,18H2,1-2,4-10H3/t20?,26?,27?,29?,32?,33?,34?,35?,37-,38+,39-,40?/m0/s1. The van der Waals surface area contributed by atoms with Crippen LogP contribution in [-0.4, -0.2) is 103 Å². The highest BCUT2D eigenvalue weighted by atomic mass is 16.6. The Bertz CT molecular complexity index is 1770. The number of hydrogen-bond acceptors (Lipinski definition) is 17. The number of rotatable bonds is 14. The first-order valence-electron chi connectivity index (χ1n) is 18.6. The summed E-state index contributed by atoms with van der Waals surface area (Å²) in [7, 11) is 1.10. The minimum Gasteiger partial charge on any atom is -0.472 e. The third-order valence-corrected chi connectivity index (χ3v) is 12.5. The molecule has 1 aliphatic heterocycles. The number of ketones is 1. The van der Waals surface area contributed by atoms with Gasteiger partial charge in [0.25, 0.3) is 6.47 Å². The molecule has 0 bridgehead atoms. The fraction of sp³-hybridized carbons (Fsp3) is 0.650. The number of esters is 6. The molecule has 3 fully saturated rings. The highest BCUT2D eigenvalue weighted by Gasteiger charge is 2.77. The first-order valence-corrected chi connectivity index (χ1v) is 18.6. The fourth-order valence-electron chi connectivity index (χ4n) is 9.49. The van der Waals surface area contributed by atoms with E-state index in [-0.39, 0.29) is 18.5 Å². The molecule has 1 N–H and O–H groups in total. The zero-order chi connectivity index (χ0) is 42.8. The van der Waals surface area contributed by atoms with E-state index in [0.29, 0.717) is 12.0 Å². The molecule has 314 valence electrons. The summed E-state index contributed by atoms with van der Waals surface area (Å²) >= 11 is 0. The van der Waals surface area contributed by atoms with Gasteiger partial charge in [0.1, 0.15) is 30.5 Å². The molecule has 1 aromatic heterocycles. The summed E-state index contributed by atoms with van der Waals surface area (Å²) in [6, 6.07) is 1.55. The third kappa shape index (κ3) is 7.82. The maximum atomic E-state index is 14.5. The largest absolute Gasteiger partial charge is 0.472 e. The van der Waals surface area contributed by atoms with Crippen LogP contribution >= 0.6 is 0 Å². The number of furan rings is 1. The van der Waals surface area contributed by atoms with Crippen molar-refractivity contribution in [2.24, 2.45) is 28.6 Å². The van der Waals surface area contributed by atoms with Crippen LogP contribution in [0.5, 0.6) is 0 Å². The second kappa shape index (κ2) is 16.8. The molecule has 0 radical (unpaired) electrons. The molecule has 17 nitrogen and oxygen atoms in total. The Labute approximate surface area is 330 Å². The maximum Gasteiger partial charge on any atom is 0.348 e. The lowest BCUT2D eigenvalue weighted by atomic mass is 9.46. The Morgan fingerprint density at radius 2 is 1.70 bits per heavy atom. The molecule has 3 aliphatic rings. The highest BCUT2D eigenvalue weighted by Crippen LogP contribution is 2.68. The number of carbonyl (C=O) groups excluding carboxylic acids is 8. The van der Waals surface area contributed by atoms with E-state index < -0.39 is 131 Å². The molecule has 57 heavy (non-hydrogen) atoms. The molecule has 2 aliphatic carbocycles. The van der Waals surface area contributed by atoms with Gasteiger partial charge >= 0.3 is 35.8 Å².